The molecule has 3 N–H and O–H groups in total. The summed E-state index contributed by atoms with van der Waals surface area (Å²) in [6.45, 7) is 2.79. The van der Waals surface area contributed by atoms with Gasteiger partial charge in [-0.05, 0) is 19.1 Å². The van der Waals surface area contributed by atoms with Gasteiger partial charge in [-0.1, -0.05) is 0 Å². The molecule has 2 heterocycles. The van der Waals surface area contributed by atoms with Crippen LogP contribution in [-0.2, 0) is 17.8 Å². The van der Waals surface area contributed by atoms with Crippen molar-refractivity contribution in [2.75, 3.05) is 6.61 Å². The first-order valence-corrected chi connectivity index (χ1v) is 5.92. The summed E-state index contributed by atoms with van der Waals surface area (Å²) >= 11 is 0. The predicted molar refractivity (Wildman–Crippen MR) is 66.6 cm³/mol. The van der Waals surface area contributed by atoms with Crippen molar-refractivity contribution in [2.24, 2.45) is 0 Å². The van der Waals surface area contributed by atoms with Gasteiger partial charge in [-0.3, -0.25) is 4.98 Å². The summed E-state index contributed by atoms with van der Waals surface area (Å²) in [6.07, 6.45) is 1.58. The van der Waals surface area contributed by atoms with E-state index in [1.54, 1.807) is 19.3 Å². The molecule has 0 fully saturated rings. The lowest BCUT2D eigenvalue weighted by molar-refractivity contribution is 0.0518. The number of hydrogen-bond donors (Lipinski definition) is 3. The van der Waals surface area contributed by atoms with Crippen molar-refractivity contribution in [3.05, 3.63) is 46.0 Å². The van der Waals surface area contributed by atoms with E-state index in [2.05, 4.69) is 15.3 Å². The maximum atomic E-state index is 11.6. The van der Waals surface area contributed by atoms with E-state index in [0.717, 1.165) is 5.76 Å². The molecule has 0 saturated heterocycles. The number of hydrogen-bond acceptors (Lipinski definition) is 5. The first kappa shape index (κ1) is 13.2. The molecule has 0 bridgehead atoms. The standard InChI is InChI=1S/C12H15N3O4/c1-2-18-11(16)10-9(14-12(17)15-10)7-13-6-8-4-3-5-19-8/h3-5,13H,2,6-7H2,1H3,(H2,14,15,17). The van der Waals surface area contributed by atoms with Crippen molar-refractivity contribution >= 4 is 5.97 Å². The topological polar surface area (TPSA) is 100 Å². The Morgan fingerprint density at radius 2 is 2.26 bits per heavy atom. The minimum Gasteiger partial charge on any atom is -0.468 e. The molecule has 0 spiro atoms. The van der Waals surface area contributed by atoms with Crippen LogP contribution in [0.25, 0.3) is 0 Å². The first-order valence-electron chi connectivity index (χ1n) is 5.92. The lowest BCUT2D eigenvalue weighted by Gasteiger charge is -2.04. The Morgan fingerprint density at radius 3 is 2.95 bits per heavy atom. The van der Waals surface area contributed by atoms with E-state index in [4.69, 9.17) is 9.15 Å². The van der Waals surface area contributed by atoms with Crippen LogP contribution in [-0.4, -0.2) is 22.5 Å². The van der Waals surface area contributed by atoms with Crippen molar-refractivity contribution in [2.45, 2.75) is 20.0 Å². The van der Waals surface area contributed by atoms with Gasteiger partial charge in [0.1, 0.15) is 11.5 Å². The third-order valence-electron chi connectivity index (χ3n) is 2.47. The largest absolute Gasteiger partial charge is 0.468 e. The molecular formula is C12H15N3O4. The van der Waals surface area contributed by atoms with E-state index in [1.165, 1.54) is 0 Å². The van der Waals surface area contributed by atoms with Crippen LogP contribution >= 0.6 is 0 Å². The number of aromatic nitrogens is 2. The molecule has 0 unspecified atom stereocenters. The second-order valence-electron chi connectivity index (χ2n) is 3.84. The SMILES string of the molecule is CCOC(=O)c1[nH]c(=O)[nH]c1CNCc1ccco1. The van der Waals surface area contributed by atoms with Crippen LogP contribution in [0.2, 0.25) is 0 Å². The van der Waals surface area contributed by atoms with Gasteiger partial charge >= 0.3 is 11.7 Å². The van der Waals surface area contributed by atoms with Crippen LogP contribution in [0.1, 0.15) is 28.9 Å². The van der Waals surface area contributed by atoms with Crippen LogP contribution < -0.4 is 11.0 Å². The van der Waals surface area contributed by atoms with Gasteiger partial charge in [-0.15, -0.1) is 0 Å². The fourth-order valence-corrected chi connectivity index (χ4v) is 1.65. The van der Waals surface area contributed by atoms with Gasteiger partial charge in [0.2, 0.25) is 0 Å². The molecular weight excluding hydrogens is 250 g/mol. The number of aromatic amines is 2. The van der Waals surface area contributed by atoms with Crippen LogP contribution in [0.3, 0.4) is 0 Å². The number of H-pyrrole nitrogens is 2. The molecule has 0 aliphatic carbocycles. The monoisotopic (exact) mass is 265 g/mol. The quantitative estimate of drug-likeness (QED) is 0.670. The molecule has 7 heteroatoms. The van der Waals surface area contributed by atoms with Crippen molar-refractivity contribution in [3.8, 4) is 0 Å². The summed E-state index contributed by atoms with van der Waals surface area (Å²) in [7, 11) is 0. The van der Waals surface area contributed by atoms with Gasteiger partial charge in [-0.2, -0.15) is 0 Å². The lowest BCUT2D eigenvalue weighted by atomic mass is 10.3. The fraction of sp³-hybridized carbons (Fsp3) is 0.333. The first-order chi connectivity index (χ1) is 9.20. The zero-order chi connectivity index (χ0) is 13.7. The second-order valence-corrected chi connectivity index (χ2v) is 3.84. The molecule has 0 amide bonds. The number of rotatable bonds is 6. The molecule has 0 radical (unpaired) electrons. The average Bonchev–Trinajstić information content (AvgIpc) is 2.99. The summed E-state index contributed by atoms with van der Waals surface area (Å²) in [4.78, 5) is 27.8. The number of nitrogens with one attached hydrogen (secondary N) is 3. The zero-order valence-electron chi connectivity index (χ0n) is 10.5. The van der Waals surface area contributed by atoms with Gasteiger partial charge < -0.3 is 19.5 Å². The van der Waals surface area contributed by atoms with E-state index in [1.807, 2.05) is 6.07 Å². The number of imidazole rings is 1. The molecule has 2 rings (SSSR count). The Balaban J connectivity index is 1.99. The van der Waals surface area contributed by atoms with Crippen molar-refractivity contribution in [3.63, 3.8) is 0 Å². The number of ether oxygens (including phenoxy) is 1. The molecule has 102 valence electrons. The maximum Gasteiger partial charge on any atom is 0.356 e. The molecule has 0 atom stereocenters. The Bertz CT molecular complexity index is 582. The molecule has 2 aromatic rings. The van der Waals surface area contributed by atoms with Crippen LogP contribution in [0.15, 0.2) is 27.6 Å². The Labute approximate surface area is 109 Å². The lowest BCUT2D eigenvalue weighted by Crippen LogP contribution is -2.16. The van der Waals surface area contributed by atoms with Gasteiger partial charge in [0.15, 0.2) is 0 Å². The maximum absolute atomic E-state index is 11.6. The van der Waals surface area contributed by atoms with Gasteiger partial charge in [0, 0.05) is 6.54 Å². The van der Waals surface area contributed by atoms with Crippen LogP contribution in [0.4, 0.5) is 0 Å². The Morgan fingerprint density at radius 1 is 1.42 bits per heavy atom. The normalized spacial score (nSPS) is 10.6. The van der Waals surface area contributed by atoms with E-state index in [9.17, 15) is 9.59 Å². The predicted octanol–water partition coefficient (Wildman–Crippen LogP) is 0.762. The summed E-state index contributed by atoms with van der Waals surface area (Å²) in [6, 6.07) is 3.62. The van der Waals surface area contributed by atoms with E-state index >= 15 is 0 Å². The Hall–Kier alpha value is -2.28. The number of esters is 1. The molecule has 0 aliphatic rings. The third kappa shape index (κ3) is 3.35. The molecule has 0 saturated carbocycles. The van der Waals surface area contributed by atoms with Crippen molar-refractivity contribution in [1.82, 2.24) is 15.3 Å². The van der Waals surface area contributed by atoms with Crippen molar-refractivity contribution < 1.29 is 13.9 Å². The van der Waals surface area contributed by atoms with Crippen LogP contribution in [0.5, 0.6) is 0 Å². The molecule has 0 aliphatic heterocycles. The highest BCUT2D eigenvalue weighted by Crippen LogP contribution is 2.04. The number of furan rings is 1. The summed E-state index contributed by atoms with van der Waals surface area (Å²) in [5.41, 5.74) is 0.187. The van der Waals surface area contributed by atoms with Gasteiger partial charge in [-0.25, -0.2) is 9.59 Å². The average molecular weight is 265 g/mol. The fourth-order valence-electron chi connectivity index (χ4n) is 1.65. The molecule has 2 aromatic heterocycles. The van der Waals surface area contributed by atoms with Gasteiger partial charge in [0.05, 0.1) is 25.1 Å². The van der Waals surface area contributed by atoms with E-state index in [-0.39, 0.29) is 12.3 Å². The smallest absolute Gasteiger partial charge is 0.356 e. The second kappa shape index (κ2) is 6.05. The highest BCUT2D eigenvalue weighted by atomic mass is 16.5. The summed E-state index contributed by atoms with van der Waals surface area (Å²) < 4.78 is 10.0. The highest BCUT2D eigenvalue weighted by molar-refractivity contribution is 5.88. The van der Waals surface area contributed by atoms with E-state index in [0.29, 0.717) is 18.8 Å². The summed E-state index contributed by atoms with van der Waals surface area (Å²) in [5.74, 6) is 0.228. The molecule has 0 aromatic carbocycles. The van der Waals surface area contributed by atoms with Crippen molar-refractivity contribution in [1.29, 1.82) is 0 Å². The summed E-state index contributed by atoms with van der Waals surface area (Å²) in [5, 5.41) is 3.06. The minimum absolute atomic E-state index is 0.152. The van der Waals surface area contributed by atoms with Gasteiger partial charge in [0.25, 0.3) is 0 Å². The van der Waals surface area contributed by atoms with Crippen LogP contribution in [0, 0.1) is 0 Å². The molecule has 19 heavy (non-hydrogen) atoms. The highest BCUT2D eigenvalue weighted by Gasteiger charge is 2.15. The number of carbonyl (C=O) groups excluding carboxylic acids is 1. The van der Waals surface area contributed by atoms with E-state index < -0.39 is 11.7 Å². The number of carbonyl (C=O) groups is 1. The zero-order valence-corrected chi connectivity index (χ0v) is 10.5. The third-order valence-corrected chi connectivity index (χ3v) is 2.47. The molecule has 7 nitrogen and oxygen atoms in total. The minimum atomic E-state index is -0.546. The Kier molecular flexibility index (Phi) is 4.19.